The van der Waals surface area contributed by atoms with E-state index in [4.69, 9.17) is 0 Å². The molecular formula is C60H51BN2. The number of hydrogen-bond donors (Lipinski definition) is 0. The molecule has 0 amide bonds. The van der Waals surface area contributed by atoms with Gasteiger partial charge in [-0.1, -0.05) is 183 Å². The topological polar surface area (TPSA) is 8.17 Å². The van der Waals surface area contributed by atoms with Gasteiger partial charge in [-0.15, -0.1) is 0 Å². The summed E-state index contributed by atoms with van der Waals surface area (Å²) in [5, 5.41) is 2.70. The van der Waals surface area contributed by atoms with Gasteiger partial charge in [-0.3, -0.25) is 0 Å². The first-order valence-electron chi connectivity index (χ1n) is 22.9. The van der Waals surface area contributed by atoms with Gasteiger partial charge in [0, 0.05) is 44.2 Å². The van der Waals surface area contributed by atoms with Crippen molar-refractivity contribution in [2.45, 2.75) is 77.0 Å². The summed E-state index contributed by atoms with van der Waals surface area (Å²) in [6, 6.07) is 63.5. The van der Waals surface area contributed by atoms with Gasteiger partial charge in [-0.2, -0.15) is 0 Å². The van der Waals surface area contributed by atoms with Gasteiger partial charge in [0.25, 0.3) is 0 Å². The average Bonchev–Trinajstić information content (AvgIpc) is 3.73. The zero-order chi connectivity index (χ0) is 42.9. The molecule has 8 aromatic carbocycles. The number of benzene rings is 8. The Bertz CT molecular complexity index is 3410. The zero-order valence-corrected chi connectivity index (χ0v) is 37.6. The molecule has 3 aliphatic heterocycles. The van der Waals surface area contributed by atoms with Crippen LogP contribution in [0.3, 0.4) is 0 Å². The van der Waals surface area contributed by atoms with E-state index < -0.39 is 5.41 Å². The second kappa shape index (κ2) is 12.1. The second-order valence-corrected chi connectivity index (χ2v) is 21.3. The molecule has 1 aromatic heterocycles. The Balaban J connectivity index is 1.27. The number of hydrogen-bond acceptors (Lipinski definition) is 1. The minimum absolute atomic E-state index is 0.0125. The van der Waals surface area contributed by atoms with Crippen LogP contribution in [0.1, 0.15) is 99.9 Å². The third-order valence-electron chi connectivity index (χ3n) is 15.5. The van der Waals surface area contributed by atoms with Crippen LogP contribution in [0.2, 0.25) is 0 Å². The van der Waals surface area contributed by atoms with Crippen LogP contribution in [0.25, 0.3) is 44.1 Å². The third kappa shape index (κ3) is 4.55. The van der Waals surface area contributed by atoms with Gasteiger partial charge in [0.2, 0.25) is 0 Å². The summed E-state index contributed by atoms with van der Waals surface area (Å²) >= 11 is 0. The fraction of sp³-hybridized carbons (Fsp3) is 0.200. The van der Waals surface area contributed by atoms with E-state index in [2.05, 4.69) is 229 Å². The Kier molecular flexibility index (Phi) is 7.12. The summed E-state index contributed by atoms with van der Waals surface area (Å²) in [5.41, 5.74) is 24.6. The molecule has 0 fully saturated rings. The number of nitrogens with zero attached hydrogens (tertiary/aromatic N) is 2. The van der Waals surface area contributed by atoms with Gasteiger partial charge < -0.3 is 9.38 Å². The van der Waals surface area contributed by atoms with Crippen LogP contribution in [-0.2, 0) is 21.7 Å². The first-order chi connectivity index (χ1) is 30.3. The number of para-hydroxylation sites is 2. The van der Waals surface area contributed by atoms with E-state index in [0.29, 0.717) is 0 Å². The molecule has 0 saturated heterocycles. The summed E-state index contributed by atoms with van der Waals surface area (Å²) in [4.78, 5) is 2.74. The Labute approximate surface area is 372 Å². The first kappa shape index (κ1) is 37.0. The highest BCUT2D eigenvalue weighted by atomic mass is 15.2. The Morgan fingerprint density at radius 2 is 1.10 bits per heavy atom. The van der Waals surface area contributed by atoms with E-state index in [1.165, 1.54) is 117 Å². The van der Waals surface area contributed by atoms with Crippen LogP contribution in [0, 0.1) is 0 Å². The summed E-state index contributed by atoms with van der Waals surface area (Å²) in [7, 11) is 0. The van der Waals surface area contributed by atoms with Crippen molar-refractivity contribution in [3.8, 4) is 22.3 Å². The van der Waals surface area contributed by atoms with E-state index in [0.717, 1.165) is 0 Å². The summed E-state index contributed by atoms with van der Waals surface area (Å²) in [6.07, 6.45) is 0. The zero-order valence-electron chi connectivity index (χ0n) is 37.6. The van der Waals surface area contributed by atoms with Crippen LogP contribution in [0.15, 0.2) is 164 Å². The van der Waals surface area contributed by atoms with Gasteiger partial charge in [-0.05, 0) is 119 Å². The van der Waals surface area contributed by atoms with E-state index >= 15 is 0 Å². The molecule has 2 nitrogen and oxygen atoms in total. The SMILES string of the molecule is CC(C)(C)c1ccc2c(c1)c1cc(C(C)(C)C)cc3c1n2B1c2cccc4c2N(c2ccccc2C4(c2ccccc2)c2ccccc2)c2c1c-3cc1c2C(C)(C)c2ccccc2-1. The molecule has 13 rings (SSSR count). The van der Waals surface area contributed by atoms with Crippen molar-refractivity contribution in [1.29, 1.82) is 0 Å². The molecule has 63 heavy (non-hydrogen) atoms. The number of fused-ring (bicyclic) bond motifs is 13. The van der Waals surface area contributed by atoms with Gasteiger partial charge in [0.15, 0.2) is 0 Å². The Morgan fingerprint density at radius 3 is 1.79 bits per heavy atom. The molecular weight excluding hydrogens is 759 g/mol. The molecule has 9 aromatic rings. The maximum atomic E-state index is 2.77. The minimum Gasteiger partial charge on any atom is -0.375 e. The number of aromatic nitrogens is 1. The van der Waals surface area contributed by atoms with E-state index in [9.17, 15) is 0 Å². The molecule has 3 heteroatoms. The average molecular weight is 811 g/mol. The molecule has 0 radical (unpaired) electrons. The first-order valence-corrected chi connectivity index (χ1v) is 22.9. The molecule has 1 aliphatic carbocycles. The van der Waals surface area contributed by atoms with Gasteiger partial charge in [0.1, 0.15) is 0 Å². The highest BCUT2D eigenvalue weighted by Gasteiger charge is 2.54. The molecule has 4 heterocycles. The lowest BCUT2D eigenvalue weighted by Crippen LogP contribution is -2.59. The van der Waals surface area contributed by atoms with Crippen LogP contribution >= 0.6 is 0 Å². The van der Waals surface area contributed by atoms with Crippen molar-refractivity contribution in [3.05, 3.63) is 208 Å². The molecule has 0 atom stereocenters. The van der Waals surface area contributed by atoms with Crippen molar-refractivity contribution >= 4 is 56.6 Å². The maximum Gasteiger partial charge on any atom is 0.333 e. The Morgan fingerprint density at radius 1 is 0.476 bits per heavy atom. The Hall–Kier alpha value is -6.58. The molecule has 0 N–H and O–H groups in total. The minimum atomic E-state index is -0.568. The van der Waals surface area contributed by atoms with Crippen molar-refractivity contribution in [2.75, 3.05) is 4.90 Å². The highest BCUT2D eigenvalue weighted by Crippen LogP contribution is 2.63. The molecule has 0 bridgehead atoms. The van der Waals surface area contributed by atoms with Crippen LogP contribution in [0.4, 0.5) is 17.1 Å². The van der Waals surface area contributed by atoms with Gasteiger partial charge in [0.05, 0.1) is 11.1 Å². The lowest BCUT2D eigenvalue weighted by atomic mass is 9.43. The standard InChI is InChI=1S/C60H51BN2/c1-57(2,3)38-30-31-50-41(32-38)44-33-39(58(4,5)6)34-45-43-35-42-40-24-15-16-25-46(40)59(7,8)52(42)56-53(43)61(63(50)54(44)45)49-28-19-27-48-55(49)62(56)51-29-18-17-26-47(51)60(48,36-20-11-9-12-21-36)37-22-13-10-14-23-37/h9-35H,1-8H3. The molecule has 0 spiro atoms. The van der Waals surface area contributed by atoms with Crippen LogP contribution in [-0.4, -0.2) is 11.3 Å². The van der Waals surface area contributed by atoms with Crippen molar-refractivity contribution < 1.29 is 0 Å². The van der Waals surface area contributed by atoms with Gasteiger partial charge >= 0.3 is 6.85 Å². The summed E-state index contributed by atoms with van der Waals surface area (Å²) in [5.74, 6) is 0. The third-order valence-corrected chi connectivity index (χ3v) is 15.5. The lowest BCUT2D eigenvalue weighted by molar-refractivity contribution is 0.590. The monoisotopic (exact) mass is 810 g/mol. The van der Waals surface area contributed by atoms with Crippen molar-refractivity contribution in [1.82, 2.24) is 4.48 Å². The van der Waals surface area contributed by atoms with Crippen molar-refractivity contribution in [2.24, 2.45) is 0 Å². The maximum absolute atomic E-state index is 2.77. The van der Waals surface area contributed by atoms with E-state index in [1.54, 1.807) is 0 Å². The summed E-state index contributed by atoms with van der Waals surface area (Å²) < 4.78 is 2.77. The summed E-state index contributed by atoms with van der Waals surface area (Å²) in [6.45, 7) is 19.0. The van der Waals surface area contributed by atoms with Crippen molar-refractivity contribution in [3.63, 3.8) is 0 Å². The van der Waals surface area contributed by atoms with Crippen LogP contribution < -0.4 is 15.8 Å². The predicted molar refractivity (Wildman–Crippen MR) is 267 cm³/mol. The fourth-order valence-electron chi connectivity index (χ4n) is 12.6. The van der Waals surface area contributed by atoms with Crippen LogP contribution in [0.5, 0.6) is 0 Å². The lowest BCUT2D eigenvalue weighted by Gasteiger charge is -2.51. The normalized spacial score (nSPS) is 15.8. The highest BCUT2D eigenvalue weighted by molar-refractivity contribution is 6.90. The second-order valence-electron chi connectivity index (χ2n) is 21.3. The quantitative estimate of drug-likeness (QED) is 0.158. The van der Waals surface area contributed by atoms with E-state index in [-0.39, 0.29) is 23.1 Å². The molecule has 0 unspecified atom stereocenters. The largest absolute Gasteiger partial charge is 0.375 e. The molecule has 0 saturated carbocycles. The van der Waals surface area contributed by atoms with Gasteiger partial charge in [-0.25, -0.2) is 0 Å². The number of rotatable bonds is 2. The predicted octanol–water partition coefficient (Wildman–Crippen LogP) is 13.8. The molecule has 304 valence electrons. The molecule has 4 aliphatic rings. The fourth-order valence-corrected chi connectivity index (χ4v) is 12.6. The van der Waals surface area contributed by atoms with E-state index in [1.807, 2.05) is 0 Å². The number of anilines is 3. The smallest absolute Gasteiger partial charge is 0.333 e.